The lowest BCUT2D eigenvalue weighted by Crippen LogP contribution is -2.49. The van der Waals surface area contributed by atoms with Crippen LogP contribution < -0.4 is 5.32 Å². The first-order valence-electron chi connectivity index (χ1n) is 7.21. The van der Waals surface area contributed by atoms with Crippen LogP contribution in [0.5, 0.6) is 0 Å². The van der Waals surface area contributed by atoms with Crippen molar-refractivity contribution in [3.63, 3.8) is 0 Å². The van der Waals surface area contributed by atoms with Crippen molar-refractivity contribution in [1.29, 1.82) is 0 Å². The molecule has 100 valence electrons. The first-order valence-corrected chi connectivity index (χ1v) is 7.21. The SMILES string of the molecule is CN1CCNC(CCc2ccc3ccccc3c2)C1. The monoisotopic (exact) mass is 254 g/mol. The van der Waals surface area contributed by atoms with Gasteiger partial charge in [-0.25, -0.2) is 0 Å². The number of nitrogens with one attached hydrogen (secondary N) is 1. The average Bonchev–Trinajstić information content (AvgIpc) is 2.45. The zero-order valence-electron chi connectivity index (χ0n) is 11.6. The van der Waals surface area contributed by atoms with Gasteiger partial charge >= 0.3 is 0 Å². The Morgan fingerprint density at radius 3 is 2.84 bits per heavy atom. The molecule has 1 unspecified atom stereocenters. The van der Waals surface area contributed by atoms with Crippen LogP contribution in [0.2, 0.25) is 0 Å². The lowest BCUT2D eigenvalue weighted by Gasteiger charge is -2.30. The predicted octanol–water partition coefficient (Wildman–Crippen LogP) is 2.68. The van der Waals surface area contributed by atoms with Gasteiger partial charge in [-0.15, -0.1) is 0 Å². The first-order chi connectivity index (χ1) is 9.31. The van der Waals surface area contributed by atoms with Gasteiger partial charge in [0.1, 0.15) is 0 Å². The number of piperazine rings is 1. The standard InChI is InChI=1S/C17H22N2/c1-19-11-10-18-17(13-19)9-7-14-6-8-15-4-2-3-5-16(15)12-14/h2-6,8,12,17-18H,7,9-11,13H2,1H3. The first kappa shape index (κ1) is 12.6. The fourth-order valence-corrected chi connectivity index (χ4v) is 2.92. The van der Waals surface area contributed by atoms with E-state index in [0.29, 0.717) is 6.04 Å². The van der Waals surface area contributed by atoms with Gasteiger partial charge in [-0.05, 0) is 36.2 Å². The Bertz CT molecular complexity index is 550. The molecule has 1 aliphatic heterocycles. The zero-order chi connectivity index (χ0) is 13.1. The molecular weight excluding hydrogens is 232 g/mol. The highest BCUT2D eigenvalue weighted by Gasteiger charge is 2.15. The Kier molecular flexibility index (Phi) is 3.81. The highest BCUT2D eigenvalue weighted by atomic mass is 15.2. The van der Waals surface area contributed by atoms with Crippen LogP contribution in [0.25, 0.3) is 10.8 Å². The Morgan fingerprint density at radius 1 is 1.16 bits per heavy atom. The fourth-order valence-electron chi connectivity index (χ4n) is 2.92. The molecule has 2 aromatic rings. The van der Waals surface area contributed by atoms with E-state index in [1.54, 1.807) is 0 Å². The van der Waals surface area contributed by atoms with Crippen molar-refractivity contribution < 1.29 is 0 Å². The summed E-state index contributed by atoms with van der Waals surface area (Å²) in [7, 11) is 2.21. The van der Waals surface area contributed by atoms with E-state index < -0.39 is 0 Å². The third-order valence-corrected chi connectivity index (χ3v) is 4.05. The number of hydrogen-bond donors (Lipinski definition) is 1. The molecule has 1 fully saturated rings. The molecule has 0 saturated carbocycles. The summed E-state index contributed by atoms with van der Waals surface area (Å²) >= 11 is 0. The van der Waals surface area contributed by atoms with Gasteiger partial charge < -0.3 is 10.2 Å². The summed E-state index contributed by atoms with van der Waals surface area (Å²) in [4.78, 5) is 2.42. The second-order valence-electron chi connectivity index (χ2n) is 5.63. The van der Waals surface area contributed by atoms with E-state index in [4.69, 9.17) is 0 Å². The minimum absolute atomic E-state index is 0.644. The summed E-state index contributed by atoms with van der Waals surface area (Å²) in [5, 5.41) is 6.31. The minimum atomic E-state index is 0.644. The van der Waals surface area contributed by atoms with E-state index in [-0.39, 0.29) is 0 Å². The summed E-state index contributed by atoms with van der Waals surface area (Å²) in [6.45, 7) is 3.47. The molecule has 0 amide bonds. The van der Waals surface area contributed by atoms with Crippen molar-refractivity contribution in [3.8, 4) is 0 Å². The van der Waals surface area contributed by atoms with E-state index in [0.717, 1.165) is 13.0 Å². The summed E-state index contributed by atoms with van der Waals surface area (Å²) in [6, 6.07) is 16.1. The van der Waals surface area contributed by atoms with Crippen LogP contribution in [0.15, 0.2) is 42.5 Å². The Balaban J connectivity index is 1.64. The van der Waals surface area contributed by atoms with Gasteiger partial charge in [0.25, 0.3) is 0 Å². The van der Waals surface area contributed by atoms with Gasteiger partial charge in [0.2, 0.25) is 0 Å². The van der Waals surface area contributed by atoms with Crippen LogP contribution in [0.4, 0.5) is 0 Å². The molecule has 0 aliphatic carbocycles. The van der Waals surface area contributed by atoms with E-state index in [2.05, 4.69) is 59.7 Å². The number of fused-ring (bicyclic) bond motifs is 1. The van der Waals surface area contributed by atoms with Gasteiger partial charge in [0, 0.05) is 25.7 Å². The summed E-state index contributed by atoms with van der Waals surface area (Å²) in [6.07, 6.45) is 2.39. The predicted molar refractivity (Wildman–Crippen MR) is 81.6 cm³/mol. The molecule has 0 spiro atoms. The van der Waals surface area contributed by atoms with Crippen LogP contribution in [0, 0.1) is 0 Å². The highest BCUT2D eigenvalue weighted by Crippen LogP contribution is 2.17. The molecule has 1 N–H and O–H groups in total. The van der Waals surface area contributed by atoms with Crippen LogP contribution in [-0.4, -0.2) is 37.6 Å². The second-order valence-corrected chi connectivity index (χ2v) is 5.63. The Hall–Kier alpha value is -1.38. The molecule has 3 rings (SSSR count). The van der Waals surface area contributed by atoms with Crippen molar-refractivity contribution in [1.82, 2.24) is 10.2 Å². The number of aryl methyl sites for hydroxylation is 1. The van der Waals surface area contributed by atoms with Gasteiger partial charge in [-0.1, -0.05) is 42.5 Å². The van der Waals surface area contributed by atoms with Crippen molar-refractivity contribution in [2.24, 2.45) is 0 Å². The van der Waals surface area contributed by atoms with Gasteiger partial charge in [-0.3, -0.25) is 0 Å². The third kappa shape index (κ3) is 3.14. The maximum Gasteiger partial charge on any atom is 0.0198 e. The van der Waals surface area contributed by atoms with Crippen molar-refractivity contribution in [2.75, 3.05) is 26.7 Å². The van der Waals surface area contributed by atoms with Crippen molar-refractivity contribution >= 4 is 10.8 Å². The fraction of sp³-hybridized carbons (Fsp3) is 0.412. The molecule has 1 heterocycles. The van der Waals surface area contributed by atoms with E-state index >= 15 is 0 Å². The van der Waals surface area contributed by atoms with Crippen LogP contribution >= 0.6 is 0 Å². The molecule has 1 aliphatic rings. The van der Waals surface area contributed by atoms with E-state index in [9.17, 15) is 0 Å². The van der Waals surface area contributed by atoms with Crippen LogP contribution in [-0.2, 0) is 6.42 Å². The molecule has 2 heteroatoms. The lowest BCUT2D eigenvalue weighted by atomic mass is 10.0. The summed E-state index contributed by atoms with van der Waals surface area (Å²) in [5.41, 5.74) is 1.45. The zero-order valence-corrected chi connectivity index (χ0v) is 11.6. The molecular formula is C17H22N2. The number of likely N-dealkylation sites (N-methyl/N-ethyl adjacent to an activating group) is 1. The summed E-state index contributed by atoms with van der Waals surface area (Å²) in [5.74, 6) is 0. The highest BCUT2D eigenvalue weighted by molar-refractivity contribution is 5.82. The number of benzene rings is 2. The topological polar surface area (TPSA) is 15.3 Å². The molecule has 19 heavy (non-hydrogen) atoms. The Morgan fingerprint density at radius 2 is 2.00 bits per heavy atom. The molecule has 0 bridgehead atoms. The van der Waals surface area contributed by atoms with Crippen LogP contribution in [0.3, 0.4) is 0 Å². The number of nitrogens with zero attached hydrogens (tertiary/aromatic N) is 1. The van der Waals surface area contributed by atoms with Crippen molar-refractivity contribution in [3.05, 3.63) is 48.0 Å². The minimum Gasteiger partial charge on any atom is -0.311 e. The molecule has 2 aromatic carbocycles. The number of rotatable bonds is 3. The largest absolute Gasteiger partial charge is 0.311 e. The maximum atomic E-state index is 3.62. The normalized spacial score (nSPS) is 20.8. The van der Waals surface area contributed by atoms with Gasteiger partial charge in [0.15, 0.2) is 0 Å². The summed E-state index contributed by atoms with van der Waals surface area (Å²) < 4.78 is 0. The molecule has 0 radical (unpaired) electrons. The lowest BCUT2D eigenvalue weighted by molar-refractivity contribution is 0.232. The average molecular weight is 254 g/mol. The molecule has 0 aromatic heterocycles. The van der Waals surface area contributed by atoms with E-state index in [1.165, 1.54) is 35.8 Å². The molecule has 1 saturated heterocycles. The molecule has 2 nitrogen and oxygen atoms in total. The van der Waals surface area contributed by atoms with Gasteiger partial charge in [0.05, 0.1) is 0 Å². The van der Waals surface area contributed by atoms with Crippen molar-refractivity contribution in [2.45, 2.75) is 18.9 Å². The quantitative estimate of drug-likeness (QED) is 0.906. The Labute approximate surface area is 115 Å². The molecule has 1 atom stereocenters. The second kappa shape index (κ2) is 5.72. The maximum absolute atomic E-state index is 3.62. The third-order valence-electron chi connectivity index (χ3n) is 4.05. The van der Waals surface area contributed by atoms with Gasteiger partial charge in [-0.2, -0.15) is 0 Å². The number of hydrogen-bond acceptors (Lipinski definition) is 2. The smallest absolute Gasteiger partial charge is 0.0198 e. The van der Waals surface area contributed by atoms with Crippen LogP contribution in [0.1, 0.15) is 12.0 Å². The van der Waals surface area contributed by atoms with E-state index in [1.807, 2.05) is 0 Å².